The predicted octanol–water partition coefficient (Wildman–Crippen LogP) is -0.276. The number of carboxylic acid groups (broad SMARTS) is 1. The minimum atomic E-state index is -1.06. The summed E-state index contributed by atoms with van der Waals surface area (Å²) in [6.07, 6.45) is 1.52. The number of aryl methyl sites for hydroxylation is 1. The zero-order chi connectivity index (χ0) is 13.7. The zero-order valence-corrected chi connectivity index (χ0v) is 10.5. The zero-order valence-electron chi connectivity index (χ0n) is 10.5. The van der Waals surface area contributed by atoms with Gasteiger partial charge in [0.2, 0.25) is 0 Å². The van der Waals surface area contributed by atoms with Crippen LogP contribution in [0.15, 0.2) is 6.33 Å². The molecule has 1 atom stereocenters. The molecule has 1 aromatic heterocycles. The molecule has 0 fully saturated rings. The number of urea groups is 1. The van der Waals surface area contributed by atoms with Gasteiger partial charge in [-0.25, -0.2) is 14.6 Å². The fraction of sp³-hybridized carbons (Fsp3) is 0.600. The van der Waals surface area contributed by atoms with Crippen molar-refractivity contribution in [1.82, 2.24) is 25.4 Å². The SMILES string of the molecule is CC(C)[C@H](NC(=O)NCc1ncn(C)n1)C(=O)O. The van der Waals surface area contributed by atoms with Crippen molar-refractivity contribution in [2.45, 2.75) is 26.4 Å². The first-order valence-electron chi connectivity index (χ1n) is 5.52. The molecule has 0 aromatic carbocycles. The van der Waals surface area contributed by atoms with Crippen molar-refractivity contribution in [3.63, 3.8) is 0 Å². The minimum absolute atomic E-state index is 0.150. The molecule has 3 N–H and O–H groups in total. The second kappa shape index (κ2) is 5.99. The lowest BCUT2D eigenvalue weighted by molar-refractivity contribution is -0.140. The Morgan fingerprint density at radius 3 is 2.61 bits per heavy atom. The Balaban J connectivity index is 2.43. The molecule has 18 heavy (non-hydrogen) atoms. The number of amides is 2. The van der Waals surface area contributed by atoms with E-state index in [0.717, 1.165) is 0 Å². The fourth-order valence-electron chi connectivity index (χ4n) is 1.33. The largest absolute Gasteiger partial charge is 0.480 e. The van der Waals surface area contributed by atoms with Crippen molar-refractivity contribution in [3.05, 3.63) is 12.2 Å². The van der Waals surface area contributed by atoms with Gasteiger partial charge in [0.25, 0.3) is 0 Å². The molecule has 1 heterocycles. The van der Waals surface area contributed by atoms with Gasteiger partial charge in [0.15, 0.2) is 5.82 Å². The average Bonchev–Trinajstić information content (AvgIpc) is 2.68. The van der Waals surface area contributed by atoms with Gasteiger partial charge in [0.1, 0.15) is 12.4 Å². The second-order valence-electron chi connectivity index (χ2n) is 4.22. The number of carbonyl (C=O) groups excluding carboxylic acids is 1. The van der Waals surface area contributed by atoms with E-state index in [1.54, 1.807) is 20.9 Å². The first-order valence-corrected chi connectivity index (χ1v) is 5.52. The normalized spacial score (nSPS) is 12.2. The average molecular weight is 255 g/mol. The Hall–Kier alpha value is -2.12. The first-order chi connectivity index (χ1) is 8.40. The summed E-state index contributed by atoms with van der Waals surface area (Å²) in [6, 6.07) is -1.47. The fourth-order valence-corrected chi connectivity index (χ4v) is 1.33. The van der Waals surface area contributed by atoms with Gasteiger partial charge in [-0.3, -0.25) is 4.68 Å². The Morgan fingerprint density at radius 1 is 1.50 bits per heavy atom. The highest BCUT2D eigenvalue weighted by Crippen LogP contribution is 2.01. The van der Waals surface area contributed by atoms with Crippen LogP contribution in [0.25, 0.3) is 0 Å². The second-order valence-corrected chi connectivity index (χ2v) is 4.22. The topological polar surface area (TPSA) is 109 Å². The van der Waals surface area contributed by atoms with Gasteiger partial charge in [0.05, 0.1) is 6.54 Å². The lowest BCUT2D eigenvalue weighted by Gasteiger charge is -2.17. The summed E-state index contributed by atoms with van der Waals surface area (Å²) in [6.45, 7) is 3.59. The standard InChI is InChI=1S/C10H17N5O3/c1-6(2)8(9(16)17)13-10(18)11-4-7-12-5-15(3)14-7/h5-6,8H,4H2,1-3H3,(H,16,17)(H2,11,13,18)/t8-/m0/s1. The van der Waals surface area contributed by atoms with Crippen LogP contribution in [0.1, 0.15) is 19.7 Å². The monoisotopic (exact) mass is 255 g/mol. The molecule has 0 radical (unpaired) electrons. The van der Waals surface area contributed by atoms with Crippen LogP contribution in [0.5, 0.6) is 0 Å². The van der Waals surface area contributed by atoms with E-state index in [-0.39, 0.29) is 12.5 Å². The lowest BCUT2D eigenvalue weighted by atomic mass is 10.1. The summed E-state index contributed by atoms with van der Waals surface area (Å²) in [5.41, 5.74) is 0. The minimum Gasteiger partial charge on any atom is -0.480 e. The third kappa shape index (κ3) is 4.04. The van der Waals surface area contributed by atoms with Gasteiger partial charge < -0.3 is 15.7 Å². The van der Waals surface area contributed by atoms with E-state index >= 15 is 0 Å². The molecule has 0 aliphatic heterocycles. The highest BCUT2D eigenvalue weighted by molar-refractivity contribution is 5.82. The summed E-state index contributed by atoms with van der Waals surface area (Å²) in [4.78, 5) is 26.3. The quantitative estimate of drug-likeness (QED) is 0.670. The molecule has 0 saturated carbocycles. The molecule has 0 saturated heterocycles. The maximum Gasteiger partial charge on any atom is 0.326 e. The molecule has 2 amide bonds. The van der Waals surface area contributed by atoms with Crippen LogP contribution < -0.4 is 10.6 Å². The molecular weight excluding hydrogens is 238 g/mol. The first kappa shape index (κ1) is 13.9. The third-order valence-electron chi connectivity index (χ3n) is 2.27. The Kier molecular flexibility index (Phi) is 4.64. The highest BCUT2D eigenvalue weighted by Gasteiger charge is 2.23. The number of hydrogen-bond acceptors (Lipinski definition) is 4. The van der Waals surface area contributed by atoms with Gasteiger partial charge in [-0.15, -0.1) is 0 Å². The summed E-state index contributed by atoms with van der Waals surface area (Å²) in [5.74, 6) is -0.790. The number of hydrogen-bond donors (Lipinski definition) is 3. The third-order valence-corrected chi connectivity index (χ3v) is 2.27. The smallest absolute Gasteiger partial charge is 0.326 e. The van der Waals surface area contributed by atoms with Crippen molar-refractivity contribution in [2.24, 2.45) is 13.0 Å². The van der Waals surface area contributed by atoms with Gasteiger partial charge in [-0.1, -0.05) is 13.8 Å². The van der Waals surface area contributed by atoms with Crippen molar-refractivity contribution in [2.75, 3.05) is 0 Å². The molecular formula is C10H17N5O3. The van der Waals surface area contributed by atoms with Crippen LogP contribution >= 0.6 is 0 Å². The number of carboxylic acids is 1. The molecule has 100 valence electrons. The van der Waals surface area contributed by atoms with Crippen LogP contribution in [0.4, 0.5) is 4.79 Å². The van der Waals surface area contributed by atoms with Gasteiger partial charge in [-0.05, 0) is 5.92 Å². The van der Waals surface area contributed by atoms with Crippen molar-refractivity contribution >= 4 is 12.0 Å². The molecule has 0 aliphatic rings. The number of aromatic nitrogens is 3. The lowest BCUT2D eigenvalue weighted by Crippen LogP contribution is -2.48. The molecule has 8 nitrogen and oxygen atoms in total. The van der Waals surface area contributed by atoms with E-state index < -0.39 is 18.0 Å². The van der Waals surface area contributed by atoms with Crippen LogP contribution in [-0.2, 0) is 18.4 Å². The molecule has 1 rings (SSSR count). The van der Waals surface area contributed by atoms with Gasteiger partial charge in [0, 0.05) is 7.05 Å². The predicted molar refractivity (Wildman–Crippen MR) is 62.6 cm³/mol. The molecule has 0 unspecified atom stereocenters. The number of rotatable bonds is 5. The molecule has 0 spiro atoms. The Bertz CT molecular complexity index is 429. The Morgan fingerprint density at radius 2 is 2.17 bits per heavy atom. The summed E-state index contributed by atoms with van der Waals surface area (Å²) < 4.78 is 1.52. The summed E-state index contributed by atoms with van der Waals surface area (Å²) >= 11 is 0. The van der Waals surface area contributed by atoms with Crippen LogP contribution in [0.2, 0.25) is 0 Å². The molecule has 0 bridgehead atoms. The van der Waals surface area contributed by atoms with Crippen LogP contribution in [0.3, 0.4) is 0 Å². The maximum atomic E-state index is 11.5. The summed E-state index contributed by atoms with van der Waals surface area (Å²) in [5, 5.41) is 17.8. The molecule has 8 heteroatoms. The summed E-state index contributed by atoms with van der Waals surface area (Å²) in [7, 11) is 1.72. The number of carbonyl (C=O) groups is 2. The van der Waals surface area contributed by atoms with E-state index in [1.807, 2.05) is 0 Å². The van der Waals surface area contributed by atoms with E-state index in [2.05, 4.69) is 20.7 Å². The van der Waals surface area contributed by atoms with Crippen molar-refractivity contribution < 1.29 is 14.7 Å². The molecule has 0 aliphatic carbocycles. The maximum absolute atomic E-state index is 11.5. The van der Waals surface area contributed by atoms with Crippen molar-refractivity contribution in [3.8, 4) is 0 Å². The van der Waals surface area contributed by atoms with Gasteiger partial charge >= 0.3 is 12.0 Å². The van der Waals surface area contributed by atoms with E-state index in [0.29, 0.717) is 5.82 Å². The molecule has 1 aromatic rings. The van der Waals surface area contributed by atoms with Gasteiger partial charge in [-0.2, -0.15) is 5.10 Å². The van der Waals surface area contributed by atoms with Crippen molar-refractivity contribution in [1.29, 1.82) is 0 Å². The van der Waals surface area contributed by atoms with Crippen LogP contribution in [0, 0.1) is 5.92 Å². The van der Waals surface area contributed by atoms with E-state index in [1.165, 1.54) is 11.0 Å². The number of nitrogens with one attached hydrogen (secondary N) is 2. The number of nitrogens with zero attached hydrogens (tertiary/aromatic N) is 3. The Labute approximate surface area is 104 Å². The van der Waals surface area contributed by atoms with E-state index in [4.69, 9.17) is 5.11 Å². The number of aliphatic carboxylic acids is 1. The van der Waals surface area contributed by atoms with Crippen LogP contribution in [-0.4, -0.2) is 37.9 Å². The van der Waals surface area contributed by atoms with E-state index in [9.17, 15) is 9.59 Å². The highest BCUT2D eigenvalue weighted by atomic mass is 16.4.